The fourth-order valence-electron chi connectivity index (χ4n) is 1.49. The summed E-state index contributed by atoms with van der Waals surface area (Å²) in [4.78, 5) is 15.2. The topological polar surface area (TPSA) is 79.1 Å². The van der Waals surface area contributed by atoms with Gasteiger partial charge in [0.05, 0.1) is 20.3 Å². The molecular weight excluding hydrogens is 228 g/mol. The molecule has 5 nitrogen and oxygen atoms in total. The van der Waals surface area contributed by atoms with Gasteiger partial charge in [0, 0.05) is 6.26 Å². The van der Waals surface area contributed by atoms with Crippen molar-refractivity contribution < 1.29 is 14.1 Å². The highest BCUT2D eigenvalue weighted by molar-refractivity contribution is 7.93. The molecule has 0 aliphatic carbocycles. The average molecular weight is 238 g/mol. The Morgan fingerprint density at radius 1 is 1.44 bits per heavy atom. The first-order chi connectivity index (χ1) is 7.49. The van der Waals surface area contributed by atoms with Crippen LogP contribution >= 0.6 is 0 Å². The Hall–Kier alpha value is -1.69. The van der Waals surface area contributed by atoms with Crippen molar-refractivity contribution in [1.82, 2.24) is 0 Å². The van der Waals surface area contributed by atoms with Crippen LogP contribution in [0.3, 0.4) is 0 Å². The van der Waals surface area contributed by atoms with Crippen LogP contribution in [0, 0.1) is 0 Å². The summed E-state index contributed by atoms with van der Waals surface area (Å²) in [5, 5.41) is 8.65. The maximum atomic E-state index is 12.2. The predicted molar refractivity (Wildman–Crippen MR) is 60.6 cm³/mol. The van der Waals surface area contributed by atoms with Crippen molar-refractivity contribution in [2.75, 3.05) is 6.26 Å². The van der Waals surface area contributed by atoms with E-state index in [4.69, 9.17) is 5.11 Å². The molecule has 1 N–H and O–H groups in total. The van der Waals surface area contributed by atoms with Crippen LogP contribution in [0.1, 0.15) is 6.42 Å². The molecule has 0 fully saturated rings. The van der Waals surface area contributed by atoms with Crippen molar-refractivity contribution in [3.05, 3.63) is 24.3 Å². The molecule has 1 atom stereocenters. The van der Waals surface area contributed by atoms with E-state index in [-0.39, 0.29) is 12.3 Å². The summed E-state index contributed by atoms with van der Waals surface area (Å²) in [7, 11) is -2.56. The van der Waals surface area contributed by atoms with Gasteiger partial charge in [0.2, 0.25) is 0 Å². The van der Waals surface area contributed by atoms with Crippen LogP contribution in [0.15, 0.2) is 38.5 Å². The Kier molecular flexibility index (Phi) is 2.51. The fourth-order valence-corrected chi connectivity index (χ4v) is 2.93. The maximum Gasteiger partial charge on any atom is 0.311 e. The summed E-state index contributed by atoms with van der Waals surface area (Å²) in [6.07, 6.45) is 1.18. The molecule has 0 spiro atoms. The third kappa shape index (κ3) is 1.96. The molecular formula is C10H10N2O3S. The molecule has 16 heavy (non-hydrogen) atoms. The number of amidine groups is 1. The first-order valence-electron chi connectivity index (χ1n) is 4.59. The average Bonchev–Trinajstić information content (AvgIpc) is 2.15. The van der Waals surface area contributed by atoms with Gasteiger partial charge in [-0.15, -0.1) is 0 Å². The van der Waals surface area contributed by atoms with Crippen molar-refractivity contribution in [3.63, 3.8) is 0 Å². The molecule has 0 radical (unpaired) electrons. The van der Waals surface area contributed by atoms with E-state index in [1.807, 2.05) is 0 Å². The number of nitrogens with zero attached hydrogens (tertiary/aromatic N) is 2. The van der Waals surface area contributed by atoms with E-state index in [0.29, 0.717) is 10.6 Å². The van der Waals surface area contributed by atoms with E-state index in [0.717, 1.165) is 0 Å². The molecule has 6 heteroatoms. The van der Waals surface area contributed by atoms with Crippen molar-refractivity contribution in [3.8, 4) is 0 Å². The molecule has 84 valence electrons. The van der Waals surface area contributed by atoms with Crippen LogP contribution in [-0.4, -0.2) is 27.4 Å². The number of hydrogen-bond donors (Lipinski definition) is 1. The Balaban J connectivity index is 2.58. The van der Waals surface area contributed by atoms with Gasteiger partial charge in [-0.3, -0.25) is 4.79 Å². The van der Waals surface area contributed by atoms with Gasteiger partial charge in [-0.05, 0) is 12.1 Å². The highest BCUT2D eigenvalue weighted by atomic mass is 32.2. The van der Waals surface area contributed by atoms with Crippen molar-refractivity contribution >= 4 is 27.2 Å². The minimum atomic E-state index is -2.56. The number of aliphatic carboxylic acids is 1. The largest absolute Gasteiger partial charge is 0.481 e. The highest BCUT2D eigenvalue weighted by Crippen LogP contribution is 2.29. The number of benzene rings is 1. The summed E-state index contributed by atoms with van der Waals surface area (Å²) >= 11 is 0. The lowest BCUT2D eigenvalue weighted by Gasteiger charge is -2.13. The normalized spacial score (nSPS) is 22.9. The van der Waals surface area contributed by atoms with Crippen LogP contribution < -0.4 is 0 Å². The smallest absolute Gasteiger partial charge is 0.311 e. The van der Waals surface area contributed by atoms with E-state index >= 15 is 0 Å². The van der Waals surface area contributed by atoms with E-state index in [9.17, 15) is 9.00 Å². The Morgan fingerprint density at radius 2 is 2.12 bits per heavy atom. The summed E-state index contributed by atoms with van der Waals surface area (Å²) in [5.41, 5.74) is 0.543. The molecule has 1 aromatic rings. The van der Waals surface area contributed by atoms with E-state index in [1.54, 1.807) is 24.3 Å². The Morgan fingerprint density at radius 3 is 2.81 bits per heavy atom. The number of carboxylic acid groups (broad SMARTS) is 1. The molecule has 1 heterocycles. The molecule has 0 bridgehead atoms. The predicted octanol–water partition coefficient (Wildman–Crippen LogP) is 1.66. The second-order valence-corrected chi connectivity index (χ2v) is 5.69. The van der Waals surface area contributed by atoms with Gasteiger partial charge in [0.25, 0.3) is 0 Å². The zero-order valence-corrected chi connectivity index (χ0v) is 9.40. The van der Waals surface area contributed by atoms with Gasteiger partial charge < -0.3 is 5.11 Å². The second-order valence-electron chi connectivity index (χ2n) is 3.46. The van der Waals surface area contributed by atoms with Gasteiger partial charge >= 0.3 is 5.97 Å². The highest BCUT2D eigenvalue weighted by Gasteiger charge is 2.19. The number of aliphatic imine (C=N–C) groups is 1. The van der Waals surface area contributed by atoms with Crippen LogP contribution in [0.25, 0.3) is 0 Å². The number of rotatable bonds is 2. The minimum Gasteiger partial charge on any atom is -0.481 e. The SMILES string of the molecule is CS1(=O)=NC(CC(=O)O)=Nc2ccccc21. The standard InChI is InChI=1S/C10H10N2O3S/c1-16(15)8-5-3-2-4-7(8)11-9(12-16)6-10(13)14/h2-5H,6H2,1H3,(H,13,14). The van der Waals surface area contributed by atoms with Crippen LogP contribution in [-0.2, 0) is 14.5 Å². The number of fused-ring (bicyclic) bond motifs is 1. The molecule has 1 aliphatic heterocycles. The maximum absolute atomic E-state index is 12.2. The Labute approximate surface area is 93.0 Å². The first-order valence-corrected chi connectivity index (χ1v) is 6.52. The lowest BCUT2D eigenvalue weighted by molar-refractivity contribution is -0.135. The van der Waals surface area contributed by atoms with Crippen molar-refractivity contribution in [1.29, 1.82) is 0 Å². The minimum absolute atomic E-state index is 0.110. The van der Waals surface area contributed by atoms with Gasteiger partial charge in [-0.2, -0.15) is 4.36 Å². The summed E-state index contributed by atoms with van der Waals surface area (Å²) < 4.78 is 16.1. The first kappa shape index (κ1) is 10.8. The van der Waals surface area contributed by atoms with Crippen molar-refractivity contribution in [2.45, 2.75) is 11.3 Å². The van der Waals surface area contributed by atoms with Gasteiger partial charge in [0.15, 0.2) is 0 Å². The van der Waals surface area contributed by atoms with Gasteiger partial charge in [0.1, 0.15) is 12.3 Å². The molecule has 0 amide bonds. The third-order valence-electron chi connectivity index (χ3n) is 2.11. The number of carbonyl (C=O) groups is 1. The summed E-state index contributed by atoms with van der Waals surface area (Å²) in [5.74, 6) is -0.921. The van der Waals surface area contributed by atoms with Gasteiger partial charge in [-0.25, -0.2) is 9.20 Å². The van der Waals surface area contributed by atoms with Gasteiger partial charge in [-0.1, -0.05) is 12.1 Å². The Bertz CT molecular complexity index is 598. The van der Waals surface area contributed by atoms with E-state index in [1.165, 1.54) is 6.26 Å². The lowest BCUT2D eigenvalue weighted by Crippen LogP contribution is -2.11. The molecule has 1 aliphatic rings. The zero-order valence-electron chi connectivity index (χ0n) is 8.58. The number of hydrogen-bond acceptors (Lipinski definition) is 4. The number of carboxylic acids is 1. The second kappa shape index (κ2) is 3.71. The third-order valence-corrected chi connectivity index (χ3v) is 3.83. The lowest BCUT2D eigenvalue weighted by atomic mass is 10.3. The van der Waals surface area contributed by atoms with Crippen LogP contribution in [0.2, 0.25) is 0 Å². The molecule has 1 unspecified atom stereocenters. The molecule has 0 saturated heterocycles. The van der Waals surface area contributed by atoms with Crippen LogP contribution in [0.5, 0.6) is 0 Å². The van der Waals surface area contributed by atoms with Crippen molar-refractivity contribution in [2.24, 2.45) is 9.36 Å². The summed E-state index contributed by atoms with van der Waals surface area (Å²) in [6.45, 7) is 0. The molecule has 0 aromatic heterocycles. The van der Waals surface area contributed by atoms with E-state index in [2.05, 4.69) is 9.36 Å². The molecule has 1 aromatic carbocycles. The molecule has 2 rings (SSSR count). The fraction of sp³-hybridized carbons (Fsp3) is 0.200. The monoisotopic (exact) mass is 238 g/mol. The number of para-hydroxylation sites is 1. The quantitative estimate of drug-likeness (QED) is 0.850. The van der Waals surface area contributed by atoms with E-state index < -0.39 is 15.7 Å². The van der Waals surface area contributed by atoms with Crippen LogP contribution in [0.4, 0.5) is 5.69 Å². The zero-order chi connectivity index (χ0) is 11.8. The summed E-state index contributed by atoms with van der Waals surface area (Å²) in [6, 6.07) is 6.92. The molecule has 0 saturated carbocycles.